The number of ketones is 1. The van der Waals surface area contributed by atoms with Gasteiger partial charge in [0.25, 0.3) is 0 Å². The minimum absolute atomic E-state index is 0.0548. The number of hydrogen-bond donors (Lipinski definition) is 1. The first kappa shape index (κ1) is 16.0. The zero-order valence-corrected chi connectivity index (χ0v) is 12.0. The van der Waals surface area contributed by atoms with E-state index >= 15 is 0 Å². The predicted molar refractivity (Wildman–Crippen MR) is 76.2 cm³/mol. The quantitative estimate of drug-likeness (QED) is 0.787. The smallest absolute Gasteiger partial charge is 0.164 e. The summed E-state index contributed by atoms with van der Waals surface area (Å²) in [5.41, 5.74) is 0.0721. The van der Waals surface area contributed by atoms with Gasteiger partial charge in [-0.15, -0.1) is 0 Å². The Labute approximate surface area is 123 Å². The van der Waals surface area contributed by atoms with Crippen LogP contribution < -0.4 is 0 Å². The van der Waals surface area contributed by atoms with Crippen molar-refractivity contribution >= 4 is 5.78 Å². The molecule has 1 N–H and O–H groups in total. The molecule has 0 heterocycles. The highest BCUT2D eigenvalue weighted by atomic mass is 19.1. The second-order valence-electron chi connectivity index (χ2n) is 5.53. The topological polar surface area (TPSA) is 40.5 Å². The molecule has 0 aliphatic heterocycles. The fourth-order valence-electron chi connectivity index (χ4n) is 2.98. The van der Waals surface area contributed by atoms with Gasteiger partial charge < -0.3 is 5.11 Å². The van der Waals surface area contributed by atoms with Crippen LogP contribution in [0.25, 0.3) is 0 Å². The molecule has 116 valence electrons. The summed E-state index contributed by atoms with van der Waals surface area (Å²) in [4.78, 5) is 14.2. The van der Waals surface area contributed by atoms with Gasteiger partial charge in [-0.05, 0) is 25.0 Å². The monoisotopic (exact) mass is 297 g/mol. The van der Waals surface area contributed by atoms with Crippen LogP contribution >= 0.6 is 0 Å². The molecule has 0 bridgehead atoms. The van der Waals surface area contributed by atoms with E-state index in [1.54, 1.807) is 0 Å². The number of aliphatic hydroxyl groups excluding tert-OH is 1. The fourth-order valence-corrected chi connectivity index (χ4v) is 2.98. The van der Waals surface area contributed by atoms with Crippen molar-refractivity contribution in [2.24, 2.45) is 0 Å². The molecular formula is C16H21F2NO2. The van der Waals surface area contributed by atoms with Gasteiger partial charge in [0.05, 0.1) is 6.61 Å². The molecule has 1 aromatic carbocycles. The fraction of sp³-hybridized carbons (Fsp3) is 0.562. The Morgan fingerprint density at radius 2 is 1.76 bits per heavy atom. The van der Waals surface area contributed by atoms with Crippen molar-refractivity contribution < 1.29 is 18.7 Å². The van der Waals surface area contributed by atoms with Crippen LogP contribution in [0, 0.1) is 11.6 Å². The van der Waals surface area contributed by atoms with Gasteiger partial charge in [0.15, 0.2) is 5.78 Å². The highest BCUT2D eigenvalue weighted by Crippen LogP contribution is 2.23. The molecule has 1 aromatic rings. The van der Waals surface area contributed by atoms with Crippen molar-refractivity contribution in [1.29, 1.82) is 0 Å². The first-order chi connectivity index (χ1) is 10.1. The van der Waals surface area contributed by atoms with Crippen molar-refractivity contribution in [3.05, 3.63) is 35.4 Å². The third kappa shape index (κ3) is 4.58. The second-order valence-corrected chi connectivity index (χ2v) is 5.53. The van der Waals surface area contributed by atoms with Crippen molar-refractivity contribution in [3.63, 3.8) is 0 Å². The lowest BCUT2D eigenvalue weighted by atomic mass is 10.1. The molecule has 0 saturated heterocycles. The van der Waals surface area contributed by atoms with Gasteiger partial charge in [0, 0.05) is 37.2 Å². The summed E-state index contributed by atoms with van der Waals surface area (Å²) in [7, 11) is 0. The highest BCUT2D eigenvalue weighted by molar-refractivity contribution is 5.96. The van der Waals surface area contributed by atoms with Crippen LogP contribution in [0.4, 0.5) is 8.78 Å². The van der Waals surface area contributed by atoms with Gasteiger partial charge in [-0.2, -0.15) is 0 Å². The Balaban J connectivity index is 1.94. The molecule has 1 aliphatic carbocycles. The zero-order valence-electron chi connectivity index (χ0n) is 12.0. The molecule has 5 heteroatoms. The average Bonchev–Trinajstić information content (AvgIpc) is 2.96. The number of hydrogen-bond acceptors (Lipinski definition) is 3. The summed E-state index contributed by atoms with van der Waals surface area (Å²) in [5.74, 6) is -1.74. The molecular weight excluding hydrogens is 276 g/mol. The molecule has 0 spiro atoms. The lowest BCUT2D eigenvalue weighted by Gasteiger charge is -2.27. The van der Waals surface area contributed by atoms with Gasteiger partial charge in [-0.1, -0.05) is 12.8 Å². The van der Waals surface area contributed by atoms with E-state index in [9.17, 15) is 13.6 Å². The molecule has 1 saturated carbocycles. The maximum Gasteiger partial charge on any atom is 0.164 e. The van der Waals surface area contributed by atoms with E-state index < -0.39 is 11.6 Å². The molecule has 0 amide bonds. The summed E-state index contributed by atoms with van der Waals surface area (Å²) >= 11 is 0. The number of nitrogens with zero attached hydrogens (tertiary/aromatic N) is 1. The Morgan fingerprint density at radius 1 is 1.14 bits per heavy atom. The van der Waals surface area contributed by atoms with E-state index in [0.29, 0.717) is 19.1 Å². The normalized spacial score (nSPS) is 15.8. The lowest BCUT2D eigenvalue weighted by Crippen LogP contribution is -2.37. The third-order valence-electron chi connectivity index (χ3n) is 4.04. The SMILES string of the molecule is O=C(CCN(CCO)C1CCCC1)c1cc(F)cc(F)c1. The predicted octanol–water partition coefficient (Wildman–Crippen LogP) is 2.77. The van der Waals surface area contributed by atoms with Crippen LogP contribution in [-0.2, 0) is 0 Å². The zero-order chi connectivity index (χ0) is 15.2. The van der Waals surface area contributed by atoms with E-state index in [2.05, 4.69) is 4.90 Å². The number of rotatable bonds is 7. The van der Waals surface area contributed by atoms with E-state index in [-0.39, 0.29) is 24.4 Å². The summed E-state index contributed by atoms with van der Waals surface area (Å²) < 4.78 is 26.2. The van der Waals surface area contributed by atoms with Crippen molar-refractivity contribution in [2.45, 2.75) is 38.1 Å². The van der Waals surface area contributed by atoms with E-state index in [1.807, 2.05) is 0 Å². The van der Waals surface area contributed by atoms with Crippen molar-refractivity contribution in [2.75, 3.05) is 19.7 Å². The highest BCUT2D eigenvalue weighted by Gasteiger charge is 2.22. The van der Waals surface area contributed by atoms with Gasteiger partial charge in [-0.3, -0.25) is 9.69 Å². The lowest BCUT2D eigenvalue weighted by molar-refractivity contribution is 0.0933. The van der Waals surface area contributed by atoms with Crippen LogP contribution in [0.3, 0.4) is 0 Å². The van der Waals surface area contributed by atoms with E-state index in [4.69, 9.17) is 5.11 Å². The Kier molecular flexibility index (Phi) is 5.82. The van der Waals surface area contributed by atoms with Crippen LogP contribution in [0.1, 0.15) is 42.5 Å². The largest absolute Gasteiger partial charge is 0.395 e. The summed E-state index contributed by atoms with van der Waals surface area (Å²) in [6.45, 7) is 1.11. The number of halogens is 2. The van der Waals surface area contributed by atoms with E-state index in [0.717, 1.165) is 31.0 Å². The molecule has 0 radical (unpaired) electrons. The van der Waals surface area contributed by atoms with Crippen molar-refractivity contribution in [1.82, 2.24) is 4.90 Å². The number of aliphatic hydroxyl groups is 1. The molecule has 1 fully saturated rings. The van der Waals surface area contributed by atoms with Crippen LogP contribution in [0.2, 0.25) is 0 Å². The Bertz CT molecular complexity index is 467. The van der Waals surface area contributed by atoms with Gasteiger partial charge >= 0.3 is 0 Å². The van der Waals surface area contributed by atoms with Crippen molar-refractivity contribution in [3.8, 4) is 0 Å². The Morgan fingerprint density at radius 3 is 2.33 bits per heavy atom. The molecule has 21 heavy (non-hydrogen) atoms. The maximum atomic E-state index is 13.1. The molecule has 2 rings (SSSR count). The number of carbonyl (C=O) groups is 1. The van der Waals surface area contributed by atoms with Crippen LogP contribution in [0.15, 0.2) is 18.2 Å². The number of carbonyl (C=O) groups excluding carboxylic acids is 1. The molecule has 3 nitrogen and oxygen atoms in total. The molecule has 1 aliphatic rings. The van der Waals surface area contributed by atoms with E-state index in [1.165, 1.54) is 12.8 Å². The van der Waals surface area contributed by atoms with Crippen LogP contribution in [0.5, 0.6) is 0 Å². The first-order valence-corrected chi connectivity index (χ1v) is 7.44. The summed E-state index contributed by atoms with van der Waals surface area (Å²) in [5, 5.41) is 9.13. The van der Waals surface area contributed by atoms with Crippen LogP contribution in [-0.4, -0.2) is 41.5 Å². The molecule has 0 atom stereocenters. The van der Waals surface area contributed by atoms with Gasteiger partial charge in [0.2, 0.25) is 0 Å². The third-order valence-corrected chi connectivity index (χ3v) is 4.04. The first-order valence-electron chi connectivity index (χ1n) is 7.44. The molecule has 0 aromatic heterocycles. The summed E-state index contributed by atoms with van der Waals surface area (Å²) in [6, 6.07) is 3.30. The number of Topliss-reactive ketones (excluding diaryl/α,β-unsaturated/α-hetero) is 1. The Hall–Kier alpha value is -1.33. The average molecular weight is 297 g/mol. The van der Waals surface area contributed by atoms with Gasteiger partial charge in [-0.25, -0.2) is 8.78 Å². The minimum atomic E-state index is -0.735. The number of benzene rings is 1. The standard InChI is InChI=1S/C16H21F2NO2/c17-13-9-12(10-14(18)11-13)16(21)5-6-19(7-8-20)15-3-1-2-4-15/h9-11,15,20H,1-8H2. The second kappa shape index (κ2) is 7.61. The van der Waals surface area contributed by atoms with Gasteiger partial charge in [0.1, 0.15) is 11.6 Å². The maximum absolute atomic E-state index is 13.1. The minimum Gasteiger partial charge on any atom is -0.395 e. The molecule has 0 unspecified atom stereocenters. The summed E-state index contributed by atoms with van der Waals surface area (Å²) in [6.07, 6.45) is 4.73.